The zero-order valence-electron chi connectivity index (χ0n) is 12.8. The molecular weight excluding hydrogens is 252 g/mol. The smallest absolute Gasteiger partial charge is 0.240 e. The number of nitrogens with zero attached hydrogens (tertiary/aromatic N) is 1. The number of fused-ring (bicyclic) bond motifs is 1. The van der Waals surface area contributed by atoms with Gasteiger partial charge >= 0.3 is 0 Å². The molecule has 1 aliphatic carbocycles. The second-order valence-corrected chi connectivity index (χ2v) is 6.87. The molecule has 0 aromatic heterocycles. The predicted molar refractivity (Wildman–Crippen MR) is 78.4 cm³/mol. The van der Waals surface area contributed by atoms with Gasteiger partial charge in [-0.1, -0.05) is 19.8 Å². The molecule has 0 aromatic rings. The van der Waals surface area contributed by atoms with Crippen LogP contribution in [0.25, 0.3) is 0 Å². The molecule has 1 N–H and O–H groups in total. The number of carbonyl (C=O) groups is 1. The molecule has 2 saturated heterocycles. The van der Waals surface area contributed by atoms with Gasteiger partial charge in [0.15, 0.2) is 0 Å². The Morgan fingerprint density at radius 1 is 1.25 bits per heavy atom. The molecule has 3 rings (SSSR count). The van der Waals surface area contributed by atoms with Crippen molar-refractivity contribution in [2.75, 3.05) is 20.2 Å². The molecular formula is C16H28N2O2. The summed E-state index contributed by atoms with van der Waals surface area (Å²) in [5.74, 6) is 1.85. The van der Waals surface area contributed by atoms with E-state index in [1.54, 1.807) is 7.11 Å². The van der Waals surface area contributed by atoms with E-state index in [9.17, 15) is 4.79 Å². The Kier molecular flexibility index (Phi) is 4.32. The van der Waals surface area contributed by atoms with E-state index in [0.29, 0.717) is 11.9 Å². The van der Waals surface area contributed by atoms with E-state index >= 15 is 0 Å². The fraction of sp³-hybridized carbons (Fsp3) is 0.938. The zero-order chi connectivity index (χ0) is 14.1. The largest absolute Gasteiger partial charge is 0.380 e. The number of hydrogen-bond donors (Lipinski definition) is 1. The Labute approximate surface area is 122 Å². The summed E-state index contributed by atoms with van der Waals surface area (Å²) in [7, 11) is 1.74. The summed E-state index contributed by atoms with van der Waals surface area (Å²) >= 11 is 0. The average molecular weight is 280 g/mol. The maximum absolute atomic E-state index is 12.8. The van der Waals surface area contributed by atoms with Crippen LogP contribution in [0.5, 0.6) is 0 Å². The van der Waals surface area contributed by atoms with Crippen molar-refractivity contribution in [1.82, 2.24) is 10.2 Å². The summed E-state index contributed by atoms with van der Waals surface area (Å²) in [5.41, 5.74) is 0. The first-order valence-corrected chi connectivity index (χ1v) is 8.27. The van der Waals surface area contributed by atoms with Crippen molar-refractivity contribution in [3.8, 4) is 0 Å². The molecule has 3 fully saturated rings. The number of carbonyl (C=O) groups excluding carboxylic acids is 1. The van der Waals surface area contributed by atoms with Gasteiger partial charge in [-0.15, -0.1) is 0 Å². The monoisotopic (exact) mass is 280 g/mol. The third-order valence-corrected chi connectivity index (χ3v) is 5.74. The number of hydrogen-bond acceptors (Lipinski definition) is 3. The van der Waals surface area contributed by atoms with Gasteiger partial charge in [-0.25, -0.2) is 0 Å². The Hall–Kier alpha value is -0.610. The molecule has 0 radical (unpaired) electrons. The van der Waals surface area contributed by atoms with Gasteiger partial charge in [0, 0.05) is 26.2 Å². The Balaban J connectivity index is 1.67. The van der Waals surface area contributed by atoms with Crippen LogP contribution in [-0.2, 0) is 9.53 Å². The standard InChI is InChI=1S/C16H28N2O2/c1-11-7-8-18(15-6-4-3-5-13(11)15)16(19)14-9-12(20-2)10-17-14/h11-15,17H,3-10H2,1-2H3. The molecule has 5 unspecified atom stereocenters. The third-order valence-electron chi connectivity index (χ3n) is 5.74. The summed E-state index contributed by atoms with van der Waals surface area (Å²) in [4.78, 5) is 15.0. The summed E-state index contributed by atoms with van der Waals surface area (Å²) in [6, 6.07) is 0.485. The minimum absolute atomic E-state index is 0.0177. The second kappa shape index (κ2) is 6.02. The van der Waals surface area contributed by atoms with Crippen molar-refractivity contribution in [1.29, 1.82) is 0 Å². The minimum atomic E-state index is -0.0177. The fourth-order valence-corrected chi connectivity index (χ4v) is 4.46. The number of ether oxygens (including phenoxy) is 1. The van der Waals surface area contributed by atoms with Crippen LogP contribution in [0.15, 0.2) is 0 Å². The molecule has 5 atom stereocenters. The first-order valence-electron chi connectivity index (χ1n) is 8.27. The lowest BCUT2D eigenvalue weighted by Crippen LogP contribution is -2.56. The van der Waals surface area contributed by atoms with Crippen LogP contribution in [0.2, 0.25) is 0 Å². The molecule has 1 saturated carbocycles. The molecule has 0 spiro atoms. The van der Waals surface area contributed by atoms with E-state index in [0.717, 1.165) is 31.3 Å². The molecule has 114 valence electrons. The lowest BCUT2D eigenvalue weighted by molar-refractivity contribution is -0.141. The number of amides is 1. The van der Waals surface area contributed by atoms with Gasteiger partial charge in [0.25, 0.3) is 0 Å². The van der Waals surface area contributed by atoms with Crippen LogP contribution < -0.4 is 5.32 Å². The number of likely N-dealkylation sites (tertiary alicyclic amines) is 1. The Bertz CT molecular complexity index is 360. The highest BCUT2D eigenvalue weighted by Gasteiger charge is 2.42. The van der Waals surface area contributed by atoms with Gasteiger partial charge in [-0.2, -0.15) is 0 Å². The molecule has 0 aromatic carbocycles. The molecule has 0 bridgehead atoms. The van der Waals surface area contributed by atoms with E-state index in [-0.39, 0.29) is 12.1 Å². The van der Waals surface area contributed by atoms with Crippen LogP contribution in [0.4, 0.5) is 0 Å². The van der Waals surface area contributed by atoms with Gasteiger partial charge < -0.3 is 15.0 Å². The first-order chi connectivity index (χ1) is 9.70. The predicted octanol–water partition coefficient (Wildman–Crippen LogP) is 1.79. The normalized spacial score (nSPS) is 41.5. The maximum atomic E-state index is 12.8. The topological polar surface area (TPSA) is 41.6 Å². The number of methoxy groups -OCH3 is 1. The fourth-order valence-electron chi connectivity index (χ4n) is 4.46. The van der Waals surface area contributed by atoms with Crippen molar-refractivity contribution in [2.45, 2.75) is 63.6 Å². The maximum Gasteiger partial charge on any atom is 0.240 e. The Morgan fingerprint density at radius 2 is 2.05 bits per heavy atom. The molecule has 2 aliphatic heterocycles. The van der Waals surface area contributed by atoms with Crippen LogP contribution in [0.3, 0.4) is 0 Å². The van der Waals surface area contributed by atoms with Gasteiger partial charge in [-0.05, 0) is 37.5 Å². The highest BCUT2D eigenvalue weighted by atomic mass is 16.5. The van der Waals surface area contributed by atoms with Gasteiger partial charge in [0.05, 0.1) is 12.1 Å². The SMILES string of the molecule is COC1CNC(C(=O)N2CCC(C)C3CCCCC32)C1. The van der Waals surface area contributed by atoms with E-state index < -0.39 is 0 Å². The second-order valence-electron chi connectivity index (χ2n) is 6.87. The number of piperidine rings is 1. The summed E-state index contributed by atoms with van der Waals surface area (Å²) < 4.78 is 5.37. The quantitative estimate of drug-likeness (QED) is 0.838. The summed E-state index contributed by atoms with van der Waals surface area (Å²) in [5, 5.41) is 3.35. The zero-order valence-corrected chi connectivity index (χ0v) is 12.8. The lowest BCUT2D eigenvalue weighted by Gasteiger charge is -2.48. The Morgan fingerprint density at radius 3 is 2.80 bits per heavy atom. The third kappa shape index (κ3) is 2.60. The number of nitrogens with one attached hydrogen (secondary N) is 1. The molecule has 2 heterocycles. The molecule has 1 amide bonds. The molecule has 3 aliphatic rings. The van der Waals surface area contributed by atoms with Gasteiger partial charge in [0.1, 0.15) is 0 Å². The molecule has 4 nitrogen and oxygen atoms in total. The van der Waals surface area contributed by atoms with E-state index in [1.807, 2.05) is 0 Å². The van der Waals surface area contributed by atoms with E-state index in [2.05, 4.69) is 17.1 Å². The average Bonchev–Trinajstić information content (AvgIpc) is 2.96. The summed E-state index contributed by atoms with van der Waals surface area (Å²) in [6.07, 6.45) is 7.37. The first kappa shape index (κ1) is 14.3. The lowest BCUT2D eigenvalue weighted by atomic mass is 9.72. The highest BCUT2D eigenvalue weighted by Crippen LogP contribution is 2.39. The van der Waals surface area contributed by atoms with Crippen LogP contribution in [-0.4, -0.2) is 49.2 Å². The van der Waals surface area contributed by atoms with E-state index in [4.69, 9.17) is 4.74 Å². The van der Waals surface area contributed by atoms with Crippen LogP contribution >= 0.6 is 0 Å². The van der Waals surface area contributed by atoms with Crippen LogP contribution in [0.1, 0.15) is 45.4 Å². The van der Waals surface area contributed by atoms with Crippen molar-refractivity contribution < 1.29 is 9.53 Å². The minimum Gasteiger partial charge on any atom is -0.380 e. The van der Waals surface area contributed by atoms with Crippen molar-refractivity contribution in [2.24, 2.45) is 11.8 Å². The highest BCUT2D eigenvalue weighted by molar-refractivity contribution is 5.82. The van der Waals surface area contributed by atoms with Crippen molar-refractivity contribution in [3.05, 3.63) is 0 Å². The summed E-state index contributed by atoms with van der Waals surface area (Å²) in [6.45, 7) is 4.14. The van der Waals surface area contributed by atoms with Gasteiger partial charge in [-0.3, -0.25) is 4.79 Å². The van der Waals surface area contributed by atoms with Crippen molar-refractivity contribution in [3.63, 3.8) is 0 Å². The molecule has 20 heavy (non-hydrogen) atoms. The van der Waals surface area contributed by atoms with Gasteiger partial charge in [0.2, 0.25) is 5.91 Å². The van der Waals surface area contributed by atoms with E-state index in [1.165, 1.54) is 32.1 Å². The number of rotatable bonds is 2. The van der Waals surface area contributed by atoms with Crippen molar-refractivity contribution >= 4 is 5.91 Å². The van der Waals surface area contributed by atoms with Crippen LogP contribution in [0, 0.1) is 11.8 Å². The molecule has 4 heteroatoms.